The summed E-state index contributed by atoms with van der Waals surface area (Å²) in [5, 5.41) is 12.5. The monoisotopic (exact) mass is 284 g/mol. The molecular weight excluding hydrogens is 271 g/mol. The molecule has 0 fully saturated rings. The smallest absolute Gasteiger partial charge is 0.127 e. The number of rotatable bonds is 4. The Bertz CT molecular complexity index is 538. The van der Waals surface area contributed by atoms with Crippen LogP contribution in [0, 0.1) is 5.82 Å². The molecule has 0 bridgehead atoms. The largest absolute Gasteiger partial charge is 0.387 e. The molecule has 0 spiro atoms. The number of aryl methyl sites for hydroxylation is 1. The lowest BCUT2D eigenvalue weighted by Gasteiger charge is -2.12. The van der Waals surface area contributed by atoms with E-state index >= 15 is 0 Å². The van der Waals surface area contributed by atoms with E-state index in [0.29, 0.717) is 10.6 Å². The highest BCUT2D eigenvalue weighted by Gasteiger charge is 2.15. The molecule has 0 aliphatic carbocycles. The number of benzene rings is 1. The summed E-state index contributed by atoms with van der Waals surface area (Å²) in [6, 6.07) is 6.54. The predicted octanol–water partition coefficient (Wildman–Crippen LogP) is 4.38. The second kappa shape index (κ2) is 5.83. The van der Waals surface area contributed by atoms with Crippen molar-refractivity contribution < 1.29 is 9.50 Å². The third kappa shape index (κ3) is 2.91. The fourth-order valence-electron chi connectivity index (χ4n) is 1.92. The van der Waals surface area contributed by atoms with Gasteiger partial charge >= 0.3 is 0 Å². The predicted molar refractivity (Wildman–Crippen MR) is 73.8 cm³/mol. The minimum atomic E-state index is -0.657. The summed E-state index contributed by atoms with van der Waals surface area (Å²) in [4.78, 5) is 0.923. The summed E-state index contributed by atoms with van der Waals surface area (Å²) in [6.45, 7) is 2.04. The lowest BCUT2D eigenvalue weighted by molar-refractivity contribution is 0.180. The van der Waals surface area contributed by atoms with Crippen molar-refractivity contribution in [3.05, 3.63) is 56.5 Å². The number of hydrogen-bond acceptors (Lipinski definition) is 2. The SMILES string of the molecule is CCc1ccsc1C(O)Cc1ccc(Cl)cc1F. The van der Waals surface area contributed by atoms with Gasteiger partial charge in [0.05, 0.1) is 6.10 Å². The van der Waals surface area contributed by atoms with E-state index in [9.17, 15) is 9.50 Å². The van der Waals surface area contributed by atoms with Gasteiger partial charge in [-0.25, -0.2) is 4.39 Å². The average Bonchev–Trinajstić information content (AvgIpc) is 2.81. The lowest BCUT2D eigenvalue weighted by atomic mass is 10.0. The first-order valence-electron chi connectivity index (χ1n) is 5.80. The number of hydrogen-bond donors (Lipinski definition) is 1. The Morgan fingerprint density at radius 2 is 2.11 bits per heavy atom. The average molecular weight is 285 g/mol. The Morgan fingerprint density at radius 3 is 2.78 bits per heavy atom. The molecule has 1 N–H and O–H groups in total. The molecule has 0 aliphatic heterocycles. The van der Waals surface area contributed by atoms with Crippen LogP contribution in [0.1, 0.15) is 29.0 Å². The first-order chi connectivity index (χ1) is 8.61. The Morgan fingerprint density at radius 1 is 1.33 bits per heavy atom. The van der Waals surface area contributed by atoms with E-state index in [2.05, 4.69) is 0 Å². The van der Waals surface area contributed by atoms with Gasteiger partial charge in [-0.1, -0.05) is 24.6 Å². The second-order valence-corrected chi connectivity index (χ2v) is 5.50. The normalized spacial score (nSPS) is 12.7. The van der Waals surface area contributed by atoms with E-state index in [-0.39, 0.29) is 12.2 Å². The molecule has 18 heavy (non-hydrogen) atoms. The molecular formula is C14H14ClFOS. The number of aliphatic hydroxyl groups is 1. The maximum absolute atomic E-state index is 13.6. The van der Waals surface area contributed by atoms with Gasteiger partial charge in [0, 0.05) is 16.3 Å². The van der Waals surface area contributed by atoms with E-state index in [1.165, 1.54) is 17.4 Å². The minimum Gasteiger partial charge on any atom is -0.387 e. The highest BCUT2D eigenvalue weighted by molar-refractivity contribution is 7.10. The van der Waals surface area contributed by atoms with Gasteiger partial charge in [0.2, 0.25) is 0 Å². The third-order valence-corrected chi connectivity index (χ3v) is 4.19. The molecule has 0 radical (unpaired) electrons. The van der Waals surface area contributed by atoms with Crippen LogP contribution in [0.15, 0.2) is 29.6 Å². The molecule has 4 heteroatoms. The van der Waals surface area contributed by atoms with Crippen molar-refractivity contribution in [1.29, 1.82) is 0 Å². The van der Waals surface area contributed by atoms with Crippen LogP contribution in [-0.4, -0.2) is 5.11 Å². The van der Waals surface area contributed by atoms with Crippen molar-refractivity contribution in [2.75, 3.05) is 0 Å². The van der Waals surface area contributed by atoms with E-state index in [0.717, 1.165) is 16.9 Å². The third-order valence-electron chi connectivity index (χ3n) is 2.89. The molecule has 96 valence electrons. The molecule has 0 aliphatic rings. The van der Waals surface area contributed by atoms with Crippen molar-refractivity contribution in [1.82, 2.24) is 0 Å². The highest BCUT2D eigenvalue weighted by Crippen LogP contribution is 2.28. The van der Waals surface area contributed by atoms with E-state index < -0.39 is 6.10 Å². The Labute approximate surface area is 115 Å². The Kier molecular flexibility index (Phi) is 4.38. The zero-order valence-corrected chi connectivity index (χ0v) is 11.6. The maximum Gasteiger partial charge on any atom is 0.127 e. The fourth-order valence-corrected chi connectivity index (χ4v) is 3.06. The summed E-state index contributed by atoms with van der Waals surface area (Å²) in [5.41, 5.74) is 1.62. The molecule has 2 rings (SSSR count). The maximum atomic E-state index is 13.6. The molecule has 0 saturated carbocycles. The summed E-state index contributed by atoms with van der Waals surface area (Å²) < 4.78 is 13.6. The zero-order chi connectivity index (χ0) is 13.1. The van der Waals surface area contributed by atoms with Crippen LogP contribution in [0.5, 0.6) is 0 Å². The van der Waals surface area contributed by atoms with Crippen molar-refractivity contribution >= 4 is 22.9 Å². The number of thiophene rings is 1. The summed E-state index contributed by atoms with van der Waals surface area (Å²) in [7, 11) is 0. The van der Waals surface area contributed by atoms with E-state index in [4.69, 9.17) is 11.6 Å². The summed E-state index contributed by atoms with van der Waals surface area (Å²) in [6.07, 6.45) is 0.491. The van der Waals surface area contributed by atoms with Gasteiger partial charge in [-0.2, -0.15) is 0 Å². The van der Waals surface area contributed by atoms with Crippen LogP contribution in [0.3, 0.4) is 0 Å². The van der Waals surface area contributed by atoms with E-state index in [1.807, 2.05) is 18.4 Å². The van der Waals surface area contributed by atoms with Gasteiger partial charge in [0.25, 0.3) is 0 Å². The molecule has 0 saturated heterocycles. The zero-order valence-electron chi connectivity index (χ0n) is 9.99. The van der Waals surface area contributed by atoms with Crippen LogP contribution in [0.25, 0.3) is 0 Å². The quantitative estimate of drug-likeness (QED) is 0.883. The summed E-state index contributed by atoms with van der Waals surface area (Å²) in [5.74, 6) is -0.365. The van der Waals surface area contributed by atoms with Crippen LogP contribution in [-0.2, 0) is 12.8 Å². The first kappa shape index (κ1) is 13.5. The van der Waals surface area contributed by atoms with Crippen LogP contribution >= 0.6 is 22.9 Å². The van der Waals surface area contributed by atoms with Crippen molar-refractivity contribution in [2.24, 2.45) is 0 Å². The standard InChI is InChI=1S/C14H14ClFOS/c1-2-9-5-6-18-14(9)13(17)7-10-3-4-11(15)8-12(10)16/h3-6,8,13,17H,2,7H2,1H3. The summed E-state index contributed by atoms with van der Waals surface area (Å²) >= 11 is 7.21. The minimum absolute atomic E-state index is 0.274. The molecule has 1 atom stereocenters. The molecule has 1 nitrogen and oxygen atoms in total. The van der Waals surface area contributed by atoms with Crippen LogP contribution < -0.4 is 0 Å². The first-order valence-corrected chi connectivity index (χ1v) is 7.05. The number of aliphatic hydroxyl groups excluding tert-OH is 1. The molecule has 1 heterocycles. The molecule has 2 aromatic rings. The topological polar surface area (TPSA) is 20.2 Å². The van der Waals surface area contributed by atoms with Gasteiger partial charge in [0.1, 0.15) is 5.82 Å². The van der Waals surface area contributed by atoms with Gasteiger partial charge in [-0.15, -0.1) is 11.3 Å². The van der Waals surface area contributed by atoms with Gasteiger partial charge in [0.15, 0.2) is 0 Å². The van der Waals surface area contributed by atoms with Crippen molar-refractivity contribution in [3.63, 3.8) is 0 Å². The van der Waals surface area contributed by atoms with Crippen LogP contribution in [0.2, 0.25) is 5.02 Å². The fraction of sp³-hybridized carbons (Fsp3) is 0.286. The highest BCUT2D eigenvalue weighted by atomic mass is 35.5. The van der Waals surface area contributed by atoms with Gasteiger partial charge in [-0.3, -0.25) is 0 Å². The molecule has 0 amide bonds. The van der Waals surface area contributed by atoms with Crippen LogP contribution in [0.4, 0.5) is 4.39 Å². The second-order valence-electron chi connectivity index (χ2n) is 4.12. The molecule has 1 aromatic heterocycles. The lowest BCUT2D eigenvalue weighted by Crippen LogP contribution is -2.03. The van der Waals surface area contributed by atoms with Gasteiger partial charge < -0.3 is 5.11 Å². The molecule has 1 unspecified atom stereocenters. The van der Waals surface area contributed by atoms with Gasteiger partial charge in [-0.05, 0) is 41.1 Å². The van der Waals surface area contributed by atoms with Crippen molar-refractivity contribution in [3.8, 4) is 0 Å². The Balaban J connectivity index is 2.18. The Hall–Kier alpha value is -0.900. The number of halogens is 2. The van der Waals surface area contributed by atoms with Crippen molar-refractivity contribution in [2.45, 2.75) is 25.9 Å². The molecule has 1 aromatic carbocycles. The van der Waals surface area contributed by atoms with E-state index in [1.54, 1.807) is 12.1 Å².